The molecule has 0 atom stereocenters. The van der Waals surface area contributed by atoms with Crippen LogP contribution in [0.1, 0.15) is 17.5 Å². The van der Waals surface area contributed by atoms with E-state index >= 15 is 0 Å². The Morgan fingerprint density at radius 3 is 1.61 bits per heavy atom. The third kappa shape index (κ3) is 7.51. The predicted molar refractivity (Wildman–Crippen MR) is 123 cm³/mol. The van der Waals surface area contributed by atoms with E-state index < -0.39 is 0 Å². The van der Waals surface area contributed by atoms with Crippen LogP contribution in [0.4, 0.5) is 0 Å². The van der Waals surface area contributed by atoms with E-state index in [4.69, 9.17) is 0 Å². The molecule has 2 aromatic heterocycles. The van der Waals surface area contributed by atoms with Gasteiger partial charge in [0.1, 0.15) is 0 Å². The van der Waals surface area contributed by atoms with Crippen LogP contribution in [0.2, 0.25) is 0 Å². The molecule has 0 aliphatic carbocycles. The van der Waals surface area contributed by atoms with Gasteiger partial charge in [-0.3, -0.25) is 19.6 Å². The van der Waals surface area contributed by atoms with Gasteiger partial charge in [-0.2, -0.15) is 0 Å². The first kappa shape index (κ1) is 21.9. The maximum Gasteiger partial charge on any atom is 0.246 e. The molecule has 0 spiro atoms. The highest BCUT2D eigenvalue weighted by atomic mass is 16.2. The summed E-state index contributed by atoms with van der Waals surface area (Å²) < 4.78 is 0. The number of rotatable bonds is 6. The van der Waals surface area contributed by atoms with Gasteiger partial charge in [0.2, 0.25) is 11.8 Å². The fourth-order valence-electron chi connectivity index (χ4n) is 3.13. The zero-order valence-electron chi connectivity index (χ0n) is 17.4. The molecule has 0 unspecified atom stereocenters. The first-order chi connectivity index (χ1) is 15.2. The number of aromatic nitrogens is 2. The van der Waals surface area contributed by atoms with Crippen LogP contribution in [0, 0.1) is 0 Å². The van der Waals surface area contributed by atoms with E-state index in [0.29, 0.717) is 26.2 Å². The minimum atomic E-state index is -0.0416. The van der Waals surface area contributed by atoms with Gasteiger partial charge in [-0.15, -0.1) is 0 Å². The van der Waals surface area contributed by atoms with E-state index in [1.807, 2.05) is 48.6 Å². The van der Waals surface area contributed by atoms with Crippen molar-refractivity contribution in [3.8, 4) is 0 Å². The molecule has 0 radical (unpaired) electrons. The molecule has 0 bridgehead atoms. The van der Waals surface area contributed by atoms with Crippen molar-refractivity contribution in [3.63, 3.8) is 0 Å². The summed E-state index contributed by atoms with van der Waals surface area (Å²) in [6.07, 6.45) is 21.8. The average Bonchev–Trinajstić information content (AvgIpc) is 3.07. The lowest BCUT2D eigenvalue weighted by atomic mass is 10.2. The van der Waals surface area contributed by atoms with Crippen molar-refractivity contribution >= 4 is 24.0 Å². The Bertz CT molecular complexity index is 886. The number of carbonyl (C=O) groups is 2. The van der Waals surface area contributed by atoms with Gasteiger partial charge in [0.15, 0.2) is 0 Å². The second-order valence-electron chi connectivity index (χ2n) is 7.01. The van der Waals surface area contributed by atoms with E-state index in [-0.39, 0.29) is 11.8 Å². The molecule has 31 heavy (non-hydrogen) atoms. The summed E-state index contributed by atoms with van der Waals surface area (Å²) in [5, 5.41) is 0. The van der Waals surface area contributed by atoms with Crippen LogP contribution in [0.5, 0.6) is 0 Å². The number of amides is 2. The van der Waals surface area contributed by atoms with Crippen LogP contribution in [-0.4, -0.2) is 57.8 Å². The Morgan fingerprint density at radius 2 is 1.19 bits per heavy atom. The van der Waals surface area contributed by atoms with E-state index in [9.17, 15) is 9.59 Å². The van der Waals surface area contributed by atoms with Gasteiger partial charge in [0.25, 0.3) is 0 Å². The Balaban J connectivity index is 1.45. The Kier molecular flexibility index (Phi) is 8.49. The summed E-state index contributed by atoms with van der Waals surface area (Å²) in [6, 6.07) is 7.63. The van der Waals surface area contributed by atoms with Crippen molar-refractivity contribution < 1.29 is 9.59 Å². The van der Waals surface area contributed by atoms with E-state index in [2.05, 4.69) is 9.97 Å². The van der Waals surface area contributed by atoms with Gasteiger partial charge in [0, 0.05) is 63.1 Å². The lowest BCUT2D eigenvalue weighted by Gasteiger charge is -2.20. The summed E-state index contributed by atoms with van der Waals surface area (Å²) in [6.45, 7) is 2.34. The van der Waals surface area contributed by atoms with Crippen LogP contribution in [0.3, 0.4) is 0 Å². The normalized spacial score (nSPS) is 15.4. The highest BCUT2D eigenvalue weighted by Crippen LogP contribution is 2.06. The van der Waals surface area contributed by atoms with Crippen LogP contribution in [0.25, 0.3) is 12.2 Å². The second-order valence-corrected chi connectivity index (χ2v) is 7.01. The molecule has 3 rings (SSSR count). The zero-order chi connectivity index (χ0) is 21.7. The molecular formula is C25H26N4O2. The van der Waals surface area contributed by atoms with E-state index in [0.717, 1.165) is 17.5 Å². The van der Waals surface area contributed by atoms with Crippen LogP contribution in [0.15, 0.2) is 85.5 Å². The highest BCUT2D eigenvalue weighted by Gasteiger charge is 2.19. The van der Waals surface area contributed by atoms with Gasteiger partial charge in [-0.1, -0.05) is 48.6 Å². The Hall–Kier alpha value is -3.80. The topological polar surface area (TPSA) is 66.4 Å². The fraction of sp³-hybridized carbons (Fsp3) is 0.200. The van der Waals surface area contributed by atoms with Crippen molar-refractivity contribution in [2.24, 2.45) is 0 Å². The van der Waals surface area contributed by atoms with Gasteiger partial charge in [-0.05, 0) is 29.7 Å². The molecule has 1 aliphatic heterocycles. The minimum Gasteiger partial charge on any atom is -0.337 e. The van der Waals surface area contributed by atoms with Crippen LogP contribution < -0.4 is 0 Å². The predicted octanol–water partition coefficient (Wildman–Crippen LogP) is 3.38. The maximum atomic E-state index is 12.4. The molecule has 158 valence electrons. The van der Waals surface area contributed by atoms with Crippen LogP contribution in [-0.2, 0) is 9.59 Å². The zero-order valence-corrected chi connectivity index (χ0v) is 17.4. The van der Waals surface area contributed by atoms with Gasteiger partial charge in [-0.25, -0.2) is 0 Å². The van der Waals surface area contributed by atoms with E-state index in [1.54, 1.807) is 58.9 Å². The minimum absolute atomic E-state index is 0.0416. The van der Waals surface area contributed by atoms with E-state index in [1.165, 1.54) is 0 Å². The maximum absolute atomic E-state index is 12.4. The molecule has 0 aromatic carbocycles. The Labute approximate surface area is 182 Å². The molecule has 3 heterocycles. The second kappa shape index (κ2) is 12.0. The number of allylic oxidation sites excluding steroid dienone is 4. The molecule has 2 amide bonds. The first-order valence-electron chi connectivity index (χ1n) is 10.3. The van der Waals surface area contributed by atoms with Crippen molar-refractivity contribution in [3.05, 3.63) is 96.6 Å². The Morgan fingerprint density at radius 1 is 0.710 bits per heavy atom. The number of hydrogen-bond donors (Lipinski definition) is 0. The quantitative estimate of drug-likeness (QED) is 0.537. The summed E-state index contributed by atoms with van der Waals surface area (Å²) in [5.74, 6) is -0.0832. The third-order valence-electron chi connectivity index (χ3n) is 4.77. The molecule has 6 heteroatoms. The lowest BCUT2D eigenvalue weighted by molar-refractivity contribution is -0.128. The van der Waals surface area contributed by atoms with Gasteiger partial charge >= 0.3 is 0 Å². The average molecular weight is 415 g/mol. The number of pyridine rings is 2. The first-order valence-corrected chi connectivity index (χ1v) is 10.3. The third-order valence-corrected chi connectivity index (χ3v) is 4.77. The molecular weight excluding hydrogens is 388 g/mol. The molecule has 2 aromatic rings. The molecule has 1 fully saturated rings. The molecule has 1 aliphatic rings. The summed E-state index contributed by atoms with van der Waals surface area (Å²) in [5.41, 5.74) is 1.96. The molecule has 0 N–H and O–H groups in total. The number of hydrogen-bond acceptors (Lipinski definition) is 4. The standard InChI is InChI=1S/C25H26N4O2/c30-24(12-3-1-8-22-10-5-14-26-20-22)28-16-7-17-29(19-18-28)25(31)13-4-2-9-23-11-6-15-27-21-23/h1-6,8-15,20-21H,7,16-19H2/b8-1+,9-2+,12-3+,13-4+. The number of nitrogens with zero attached hydrogens (tertiary/aromatic N) is 4. The molecule has 6 nitrogen and oxygen atoms in total. The van der Waals surface area contributed by atoms with Gasteiger partial charge < -0.3 is 9.80 Å². The number of carbonyl (C=O) groups excluding carboxylic acids is 2. The van der Waals surface area contributed by atoms with Gasteiger partial charge in [0.05, 0.1) is 0 Å². The summed E-state index contributed by atoms with van der Waals surface area (Å²) in [4.78, 5) is 36.6. The lowest BCUT2D eigenvalue weighted by Crippen LogP contribution is -2.36. The van der Waals surface area contributed by atoms with Crippen LogP contribution >= 0.6 is 0 Å². The fourth-order valence-corrected chi connectivity index (χ4v) is 3.13. The van der Waals surface area contributed by atoms with Crippen molar-refractivity contribution in [1.29, 1.82) is 0 Å². The summed E-state index contributed by atoms with van der Waals surface area (Å²) >= 11 is 0. The van der Waals surface area contributed by atoms with Crippen molar-refractivity contribution in [1.82, 2.24) is 19.8 Å². The molecule has 0 saturated carbocycles. The highest BCUT2D eigenvalue weighted by molar-refractivity contribution is 5.89. The smallest absolute Gasteiger partial charge is 0.246 e. The van der Waals surface area contributed by atoms with Crippen molar-refractivity contribution in [2.45, 2.75) is 6.42 Å². The summed E-state index contributed by atoms with van der Waals surface area (Å²) in [7, 11) is 0. The monoisotopic (exact) mass is 414 g/mol. The SMILES string of the molecule is O=C(/C=C/C=C/c1cccnc1)N1CCCN(C(=O)/C=C/C=C/c2cccnc2)CC1. The largest absolute Gasteiger partial charge is 0.337 e. The molecule has 1 saturated heterocycles. The van der Waals surface area contributed by atoms with Crippen molar-refractivity contribution in [2.75, 3.05) is 26.2 Å².